The second kappa shape index (κ2) is 7.29. The van der Waals surface area contributed by atoms with E-state index in [1.54, 1.807) is 6.26 Å². The molecule has 21 heavy (non-hydrogen) atoms. The quantitative estimate of drug-likeness (QED) is 0.851. The summed E-state index contributed by atoms with van der Waals surface area (Å²) in [4.78, 5) is 2.04. The van der Waals surface area contributed by atoms with E-state index >= 15 is 0 Å². The Morgan fingerprint density at radius 2 is 1.95 bits per heavy atom. The van der Waals surface area contributed by atoms with Crippen LogP contribution in [0.1, 0.15) is 24.3 Å². The second-order valence-electron chi connectivity index (χ2n) is 5.41. The number of rotatable bonds is 7. The van der Waals surface area contributed by atoms with E-state index in [4.69, 9.17) is 9.15 Å². The molecule has 0 radical (unpaired) electrons. The minimum atomic E-state index is -0.547. The molecule has 2 aromatic rings. The van der Waals surface area contributed by atoms with Gasteiger partial charge in [-0.15, -0.1) is 0 Å². The van der Waals surface area contributed by atoms with Crippen molar-refractivity contribution in [3.8, 4) is 5.75 Å². The Morgan fingerprint density at radius 3 is 2.57 bits per heavy atom. The van der Waals surface area contributed by atoms with Crippen molar-refractivity contribution in [3.63, 3.8) is 0 Å². The largest absolute Gasteiger partial charge is 0.491 e. The normalized spacial score (nSPS) is 14.1. The molecule has 2 atom stereocenters. The molecule has 1 aromatic carbocycles. The summed E-state index contributed by atoms with van der Waals surface area (Å²) >= 11 is 0. The van der Waals surface area contributed by atoms with Gasteiger partial charge in [0.1, 0.15) is 24.2 Å². The molecule has 1 aromatic heterocycles. The number of aliphatic hydroxyl groups excluding tert-OH is 1. The summed E-state index contributed by atoms with van der Waals surface area (Å²) in [5.41, 5.74) is 1.19. The molecular weight excluding hydrogens is 266 g/mol. The van der Waals surface area contributed by atoms with Crippen molar-refractivity contribution in [2.75, 3.05) is 20.2 Å². The van der Waals surface area contributed by atoms with E-state index in [9.17, 15) is 5.11 Å². The van der Waals surface area contributed by atoms with Crippen molar-refractivity contribution in [2.45, 2.75) is 26.0 Å². The van der Waals surface area contributed by atoms with Crippen LogP contribution in [0.4, 0.5) is 0 Å². The first kappa shape index (κ1) is 15.6. The van der Waals surface area contributed by atoms with Gasteiger partial charge in [0.05, 0.1) is 12.3 Å². The lowest BCUT2D eigenvalue weighted by Crippen LogP contribution is -2.34. The van der Waals surface area contributed by atoms with Crippen molar-refractivity contribution in [3.05, 3.63) is 54.0 Å². The Morgan fingerprint density at radius 1 is 1.24 bits per heavy atom. The number of nitrogens with zero attached hydrogens (tertiary/aromatic N) is 1. The fourth-order valence-corrected chi connectivity index (χ4v) is 2.12. The van der Waals surface area contributed by atoms with Crippen LogP contribution in [0, 0.1) is 6.92 Å². The highest BCUT2D eigenvalue weighted by Crippen LogP contribution is 2.19. The summed E-state index contributed by atoms with van der Waals surface area (Å²) in [6.45, 7) is 4.88. The van der Waals surface area contributed by atoms with Gasteiger partial charge >= 0.3 is 0 Å². The number of hydrogen-bond donors (Lipinski definition) is 1. The number of likely N-dealkylation sites (N-methyl/N-ethyl adjacent to an activating group) is 1. The lowest BCUT2D eigenvalue weighted by atomic mass is 10.2. The van der Waals surface area contributed by atoms with Gasteiger partial charge in [-0.1, -0.05) is 17.7 Å². The molecule has 1 N–H and O–H groups in total. The van der Waals surface area contributed by atoms with Gasteiger partial charge in [0.2, 0.25) is 0 Å². The second-order valence-corrected chi connectivity index (χ2v) is 5.41. The van der Waals surface area contributed by atoms with Crippen LogP contribution < -0.4 is 4.74 Å². The molecule has 0 aliphatic rings. The fourth-order valence-electron chi connectivity index (χ4n) is 2.12. The molecule has 0 bridgehead atoms. The molecule has 1 heterocycles. The lowest BCUT2D eigenvalue weighted by molar-refractivity contribution is 0.0622. The maximum absolute atomic E-state index is 10.1. The SMILES string of the molecule is Cc1ccc(OCC(O)CN(C)C(C)c2ccco2)cc1. The maximum atomic E-state index is 10.1. The molecule has 4 nitrogen and oxygen atoms in total. The Hall–Kier alpha value is -1.78. The summed E-state index contributed by atoms with van der Waals surface area (Å²) in [5.74, 6) is 1.67. The monoisotopic (exact) mass is 289 g/mol. The number of benzene rings is 1. The summed E-state index contributed by atoms with van der Waals surface area (Å²) in [7, 11) is 1.96. The Balaban J connectivity index is 1.78. The molecule has 4 heteroatoms. The van der Waals surface area contributed by atoms with Crippen LogP contribution in [0.25, 0.3) is 0 Å². The molecule has 0 saturated heterocycles. The van der Waals surface area contributed by atoms with Crippen LogP contribution in [0.2, 0.25) is 0 Å². The van der Waals surface area contributed by atoms with Crippen molar-refractivity contribution >= 4 is 0 Å². The Kier molecular flexibility index (Phi) is 5.42. The average Bonchev–Trinajstić information content (AvgIpc) is 3.00. The lowest BCUT2D eigenvalue weighted by Gasteiger charge is -2.25. The minimum absolute atomic E-state index is 0.119. The van der Waals surface area contributed by atoms with Crippen LogP contribution in [-0.2, 0) is 0 Å². The van der Waals surface area contributed by atoms with Crippen molar-refractivity contribution in [1.82, 2.24) is 4.90 Å². The van der Waals surface area contributed by atoms with Gasteiger partial charge in [0, 0.05) is 6.54 Å². The van der Waals surface area contributed by atoms with Crippen LogP contribution >= 0.6 is 0 Å². The first-order chi connectivity index (χ1) is 10.1. The van der Waals surface area contributed by atoms with E-state index in [1.807, 2.05) is 62.2 Å². The fraction of sp³-hybridized carbons (Fsp3) is 0.412. The molecule has 2 unspecified atom stereocenters. The standard InChI is InChI=1S/C17H23NO3/c1-13-6-8-16(9-7-13)21-12-15(19)11-18(3)14(2)17-5-4-10-20-17/h4-10,14-15,19H,11-12H2,1-3H3. The predicted molar refractivity (Wildman–Crippen MR) is 82.4 cm³/mol. The molecule has 114 valence electrons. The number of aryl methyl sites for hydroxylation is 1. The molecule has 0 aliphatic heterocycles. The van der Waals surface area contributed by atoms with Gasteiger partial charge in [0.15, 0.2) is 0 Å². The zero-order chi connectivity index (χ0) is 15.2. The molecule has 0 fully saturated rings. The number of hydrogen-bond acceptors (Lipinski definition) is 4. The van der Waals surface area contributed by atoms with Crippen LogP contribution in [0.3, 0.4) is 0 Å². The summed E-state index contributed by atoms with van der Waals surface area (Å²) in [5, 5.41) is 10.1. The van der Waals surface area contributed by atoms with Gasteiger partial charge in [-0.2, -0.15) is 0 Å². The van der Waals surface area contributed by atoms with Gasteiger partial charge < -0.3 is 14.3 Å². The van der Waals surface area contributed by atoms with Gasteiger partial charge in [-0.3, -0.25) is 4.90 Å². The number of furan rings is 1. The summed E-state index contributed by atoms with van der Waals surface area (Å²) < 4.78 is 11.0. The minimum Gasteiger partial charge on any atom is -0.491 e. The third kappa shape index (κ3) is 4.62. The van der Waals surface area contributed by atoms with E-state index < -0.39 is 6.10 Å². The smallest absolute Gasteiger partial charge is 0.120 e. The zero-order valence-electron chi connectivity index (χ0n) is 12.8. The third-order valence-corrected chi connectivity index (χ3v) is 3.58. The van der Waals surface area contributed by atoms with Crippen molar-refractivity contribution in [1.29, 1.82) is 0 Å². The number of ether oxygens (including phenoxy) is 1. The Bertz CT molecular complexity index is 521. The highest BCUT2D eigenvalue weighted by atomic mass is 16.5. The third-order valence-electron chi connectivity index (χ3n) is 3.58. The van der Waals surface area contributed by atoms with Gasteiger partial charge in [0.25, 0.3) is 0 Å². The summed E-state index contributed by atoms with van der Waals surface area (Å²) in [6.07, 6.45) is 1.12. The zero-order valence-corrected chi connectivity index (χ0v) is 12.8. The first-order valence-electron chi connectivity index (χ1n) is 7.17. The topological polar surface area (TPSA) is 45.8 Å². The van der Waals surface area contributed by atoms with E-state index in [-0.39, 0.29) is 12.6 Å². The highest BCUT2D eigenvalue weighted by molar-refractivity contribution is 5.26. The average molecular weight is 289 g/mol. The molecular formula is C17H23NO3. The van der Waals surface area contributed by atoms with Crippen molar-refractivity contribution in [2.24, 2.45) is 0 Å². The molecule has 2 rings (SSSR count). The van der Waals surface area contributed by atoms with Crippen LogP contribution in [0.5, 0.6) is 5.75 Å². The van der Waals surface area contributed by atoms with Crippen LogP contribution in [-0.4, -0.2) is 36.3 Å². The molecule has 0 spiro atoms. The molecule has 0 aliphatic carbocycles. The van der Waals surface area contributed by atoms with Gasteiger partial charge in [-0.05, 0) is 45.2 Å². The highest BCUT2D eigenvalue weighted by Gasteiger charge is 2.17. The van der Waals surface area contributed by atoms with Gasteiger partial charge in [-0.25, -0.2) is 0 Å². The van der Waals surface area contributed by atoms with E-state index in [0.717, 1.165) is 11.5 Å². The van der Waals surface area contributed by atoms with E-state index in [2.05, 4.69) is 0 Å². The molecule has 0 saturated carbocycles. The predicted octanol–water partition coefficient (Wildman–Crippen LogP) is 3.02. The van der Waals surface area contributed by atoms with Crippen molar-refractivity contribution < 1.29 is 14.3 Å². The van der Waals surface area contributed by atoms with E-state index in [1.165, 1.54) is 5.56 Å². The van der Waals surface area contributed by atoms with E-state index in [0.29, 0.717) is 6.54 Å². The maximum Gasteiger partial charge on any atom is 0.120 e. The molecule has 0 amide bonds. The summed E-state index contributed by atoms with van der Waals surface area (Å²) in [6, 6.07) is 11.7. The Labute approximate surface area is 126 Å². The number of aliphatic hydroxyl groups is 1. The first-order valence-corrected chi connectivity index (χ1v) is 7.17. The van der Waals surface area contributed by atoms with Crippen LogP contribution in [0.15, 0.2) is 47.1 Å².